The van der Waals surface area contributed by atoms with Crippen molar-refractivity contribution in [2.24, 2.45) is 4.30 Å². The molecule has 20 rings (SSSR count). The Bertz CT molecular complexity index is 5850. The third-order valence-corrected chi connectivity index (χ3v) is 22.8. The number of H-pyrrole nitrogens is 1. The van der Waals surface area contributed by atoms with Crippen LogP contribution in [0, 0.1) is 7.43 Å². The number of ether oxygens (including phenoxy) is 2. The number of carbonyl (C=O) groups excluding carboxylic acids is 2. The van der Waals surface area contributed by atoms with Crippen LogP contribution in [-0.4, -0.2) is 200 Å². The predicted molar refractivity (Wildman–Crippen MR) is 476 cm³/mol. The summed E-state index contributed by atoms with van der Waals surface area (Å²) < 4.78 is 52.2. The smallest absolute Gasteiger partial charge is 1.00 e. The number of aliphatic hydroxyl groups excluding tert-OH is 2. The van der Waals surface area contributed by atoms with E-state index in [-0.39, 0.29) is 95.5 Å². The van der Waals surface area contributed by atoms with E-state index in [1.165, 1.54) is 49.1 Å². The Kier molecular flexibility index (Phi) is 39.0. The molecule has 0 bridgehead atoms. The number of nitrogens with zero attached hydrogens (tertiary/aromatic N) is 18. The zero-order chi connectivity index (χ0) is 82.5. The number of hydrogen-bond acceptors (Lipinski definition) is 24. The fraction of sp³-hybridized carbons (Fsp3) is 0.338. The molecule has 1 radical (unpaired) electrons. The van der Waals surface area contributed by atoms with Crippen molar-refractivity contribution in [2.75, 3.05) is 6.26 Å². The van der Waals surface area contributed by atoms with Gasteiger partial charge >= 0.3 is 47.8 Å². The number of carbonyl (C=O) groups is 2. The second-order valence-electron chi connectivity index (χ2n) is 28.2. The standard InChI is InChI=1S/C17H16ClN3O.C11H11BrClN3O.C11H14O2.C10H7BrClN3O.C10H10ClN3O.C10H8ClN3O.C6H4ClN3.CH4O3S.CH3.BHNS.BrH.Mg.H3N.H2O/c18-16-15-6-7-21(17(15)20-11-19-16)13-8-14(9-13)22-10-12-4-2-1-3-5-12;1-11(17)2-6(3-11)16-4-7(12)8-9(13)14-5-15-10(8)16;12-10-6-11(7-10)13-8-9-4-2-1-3-5-9;11-7-3-15(5-1-6(16)2-5)10-8(7)9(12)13-4-14-10;2*11-9-8-1-2-14(6-3-7(15)4-6)10(8)13-5-12-9;7-5-4-1-2-8-6(4)10-3-9-5;1-5(2,3)4;;1-2-3;;;;/h1-7,11,13-14H,8-10H2;4-6,17H,2-3H2,1H3;1-5,10-12H,6-8H2;3-5H,1-2H2;1-2,5-7,15H,3-4H2;1-2,5-6H,3-4H2;1-3H,(H,8,9,10);1H3,(H,2,3,4);1H3;3H;1H;;1H3;1H2/q;;;;;;;;-1;;;+2;;/p-1. The Labute approximate surface area is 775 Å². The molecule has 637 valence electrons. The van der Waals surface area contributed by atoms with Gasteiger partial charge in [-0.3, -0.25) is 14.1 Å². The van der Waals surface area contributed by atoms with Crippen LogP contribution >= 0.6 is 114 Å². The third-order valence-electron chi connectivity index (χ3n) is 19.8. The number of hydrogen-bond donors (Lipinski definition) is 7. The van der Waals surface area contributed by atoms with Crippen molar-refractivity contribution < 1.29 is 69.8 Å². The fourth-order valence-electron chi connectivity index (χ4n) is 13.5. The van der Waals surface area contributed by atoms with Crippen LogP contribution in [0.2, 0.25) is 30.9 Å². The number of halogens is 9. The van der Waals surface area contributed by atoms with Crippen LogP contribution < -0.4 is 23.1 Å². The first-order valence-corrected chi connectivity index (χ1v) is 42.3. The molecule has 10 N–H and O–H groups in total. The number of aliphatic hydroxyl groups is 3. The fourth-order valence-corrected chi connectivity index (χ4v) is 16.2. The van der Waals surface area contributed by atoms with Crippen LogP contribution in [0.3, 0.4) is 0 Å². The van der Waals surface area contributed by atoms with Gasteiger partial charge in [0.1, 0.15) is 114 Å². The minimum absolute atomic E-state index is 0. The number of ketones is 2. The molecule has 44 heteroatoms. The summed E-state index contributed by atoms with van der Waals surface area (Å²) in [6.45, 7) is 3.20. The van der Waals surface area contributed by atoms with E-state index < -0.39 is 15.7 Å². The summed E-state index contributed by atoms with van der Waals surface area (Å²) in [4.78, 5) is 73.7. The maximum Gasteiger partial charge on any atom is 2.00 e. The summed E-state index contributed by atoms with van der Waals surface area (Å²) in [5, 5.41) is 36.1. The van der Waals surface area contributed by atoms with Gasteiger partial charge in [-0.05, 0) is 126 Å². The molecule has 6 fully saturated rings. The molecular formula is C77H83BBr3Cl6MgN20O11S2. The van der Waals surface area contributed by atoms with E-state index in [1.54, 1.807) is 6.20 Å². The second-order valence-corrected chi connectivity index (χ2v) is 33.8. The van der Waals surface area contributed by atoms with Gasteiger partial charge in [0.05, 0.1) is 81.8 Å². The Morgan fingerprint density at radius 1 is 0.521 bits per heavy atom. The molecule has 12 aromatic heterocycles. The van der Waals surface area contributed by atoms with Crippen LogP contribution in [-0.2, 0) is 42.4 Å². The van der Waals surface area contributed by atoms with E-state index in [4.69, 9.17) is 88.7 Å². The Balaban J connectivity index is 0.000000192. The molecular weight excluding hydrogens is 1930 g/mol. The SMILES string of the molecule is CC1(O)CC(n2cc(Br)c3c(Cl)ncnc32)C1.CS(=O)(=O)O.Clc1ncnc2[nH]ccc12.Clc1ncnc2c1ccn2C1CC(OCc2ccccc2)C1.N.O.O=C1CC(n2cc(Br)c3c(Cl)ncnc32)C1.O=C1CC(n2ccc3c(Cl)ncnc32)C1.OC1CC(OCc2ccccc2)C1.OC1CC(n2ccc3c(Cl)ncnc32)C1.[B]=NS.[Br-].[CH3-].[Mg+2]. The average molecular weight is 2020 g/mol. The molecule has 6 saturated carbocycles. The number of thiol groups is 1. The number of benzene rings is 2. The average Bonchev–Trinajstić information content (AvgIpc) is 1.65. The zero-order valence-corrected chi connectivity index (χ0v) is 77.6. The minimum Gasteiger partial charge on any atom is -1.00 e. The molecule has 0 amide bonds. The van der Waals surface area contributed by atoms with Crippen molar-refractivity contribution in [2.45, 2.75) is 157 Å². The predicted octanol–water partition coefficient (Wildman–Crippen LogP) is 12.9. The van der Waals surface area contributed by atoms with E-state index in [2.05, 4.69) is 159 Å². The first-order chi connectivity index (χ1) is 55.6. The topological polar surface area (TPSA) is 442 Å². The summed E-state index contributed by atoms with van der Waals surface area (Å²) in [7, 11) is 0.670. The van der Waals surface area contributed by atoms with E-state index >= 15 is 0 Å². The summed E-state index contributed by atoms with van der Waals surface area (Å²) in [5.74, 6) is 0.602. The van der Waals surface area contributed by atoms with Crippen LogP contribution in [0.5, 0.6) is 0 Å². The molecule has 121 heavy (non-hydrogen) atoms. The molecule has 0 unspecified atom stereocenters. The van der Waals surface area contributed by atoms with Crippen molar-refractivity contribution >= 4 is 233 Å². The minimum atomic E-state index is -3.67. The Hall–Kier alpha value is -6.71. The Morgan fingerprint density at radius 2 is 0.843 bits per heavy atom. The first kappa shape index (κ1) is 101. The van der Waals surface area contributed by atoms with Gasteiger partial charge in [0.15, 0.2) is 0 Å². The maximum absolute atomic E-state index is 11.0. The first-order valence-electron chi connectivity index (χ1n) is 36.2. The number of Topliss-reactive ketones (excluding diaryl/α,β-unsaturated/α-hetero) is 2. The summed E-state index contributed by atoms with van der Waals surface area (Å²) >= 11 is 45.9. The Morgan fingerprint density at radius 3 is 1.21 bits per heavy atom. The van der Waals surface area contributed by atoms with Gasteiger partial charge in [-0.15, -0.1) is 0 Å². The van der Waals surface area contributed by atoms with Gasteiger partial charge < -0.3 is 88.6 Å². The van der Waals surface area contributed by atoms with Gasteiger partial charge in [-0.2, -0.15) is 8.42 Å². The number of fused-ring (bicyclic) bond motifs is 6. The van der Waals surface area contributed by atoms with Crippen LogP contribution in [0.15, 0.2) is 173 Å². The van der Waals surface area contributed by atoms with Crippen LogP contribution in [0.4, 0.5) is 0 Å². The maximum atomic E-state index is 11.0. The van der Waals surface area contributed by atoms with Gasteiger partial charge in [-0.25, -0.2) is 59.8 Å². The van der Waals surface area contributed by atoms with E-state index in [0.717, 1.165) is 127 Å². The molecule has 0 aliphatic heterocycles. The summed E-state index contributed by atoms with van der Waals surface area (Å²) in [6.07, 6.45) is 30.4. The van der Waals surface area contributed by atoms with Crippen molar-refractivity contribution in [3.05, 3.63) is 218 Å². The molecule has 0 spiro atoms. The summed E-state index contributed by atoms with van der Waals surface area (Å²) in [6, 6.07) is 29.6. The monoisotopic (exact) mass is 2010 g/mol. The molecule has 14 aromatic rings. The van der Waals surface area contributed by atoms with Gasteiger partial charge in [-0.1, -0.05) is 130 Å². The van der Waals surface area contributed by atoms with E-state index in [0.29, 0.717) is 106 Å². The van der Waals surface area contributed by atoms with Crippen LogP contribution in [0.25, 0.3) is 66.2 Å². The van der Waals surface area contributed by atoms with Crippen molar-refractivity contribution in [3.8, 4) is 0 Å². The summed E-state index contributed by atoms with van der Waals surface area (Å²) in [5.41, 5.74) is 6.82. The molecule has 0 saturated heterocycles. The van der Waals surface area contributed by atoms with Crippen molar-refractivity contribution in [1.29, 1.82) is 0 Å². The van der Waals surface area contributed by atoms with Crippen molar-refractivity contribution in [3.63, 3.8) is 0 Å². The van der Waals surface area contributed by atoms with Gasteiger partial charge in [0.25, 0.3) is 10.1 Å². The van der Waals surface area contributed by atoms with E-state index in [1.807, 2.05) is 108 Å². The molecule has 6 aliphatic rings. The van der Waals surface area contributed by atoms with Gasteiger partial charge in [0, 0.05) is 102 Å². The molecule has 6 aliphatic carbocycles. The zero-order valence-electron chi connectivity index (χ0n) is 65.1. The quantitative estimate of drug-likeness (QED) is 0.0208. The molecule has 31 nitrogen and oxygen atoms in total. The number of aromatic nitrogens is 18. The van der Waals surface area contributed by atoms with Crippen molar-refractivity contribution in [1.82, 2.24) is 93.8 Å². The molecule has 2 aromatic carbocycles. The number of nitrogens with one attached hydrogen (secondary N) is 1. The van der Waals surface area contributed by atoms with E-state index in [9.17, 15) is 28.2 Å². The third kappa shape index (κ3) is 26.5. The molecule has 12 heterocycles. The number of rotatable bonds is 11. The molecule has 0 atom stereocenters. The normalized spacial score (nSPS) is 19.6. The largest absolute Gasteiger partial charge is 2.00 e. The second kappa shape index (κ2) is 46.5. The van der Waals surface area contributed by atoms with Crippen LogP contribution in [0.1, 0.15) is 125 Å². The number of aromatic amines is 1. The van der Waals surface area contributed by atoms with Gasteiger partial charge in [0.2, 0.25) is 0 Å².